The minimum atomic E-state index is -0.506. The van der Waals surface area contributed by atoms with Crippen molar-refractivity contribution in [3.63, 3.8) is 0 Å². The highest BCUT2D eigenvalue weighted by Gasteiger charge is 2.23. The van der Waals surface area contributed by atoms with Gasteiger partial charge in [0.1, 0.15) is 23.8 Å². The number of benzene rings is 1. The summed E-state index contributed by atoms with van der Waals surface area (Å²) in [6.07, 6.45) is 2.30. The zero-order valence-corrected chi connectivity index (χ0v) is 15.7. The molecule has 1 aliphatic rings. The van der Waals surface area contributed by atoms with E-state index in [1.165, 1.54) is 6.07 Å². The van der Waals surface area contributed by atoms with Crippen molar-refractivity contribution in [2.45, 2.75) is 32.8 Å². The van der Waals surface area contributed by atoms with Gasteiger partial charge in [-0.1, -0.05) is 6.08 Å². The van der Waals surface area contributed by atoms with Gasteiger partial charge in [0.15, 0.2) is 0 Å². The summed E-state index contributed by atoms with van der Waals surface area (Å²) in [7, 11) is 0. The quantitative estimate of drug-likeness (QED) is 0.612. The van der Waals surface area contributed by atoms with Crippen molar-refractivity contribution >= 4 is 27.7 Å². The molecule has 0 saturated heterocycles. The standard InChI is InChI=1S/C17H22BrFN2O3/c1-17(2,3)24-16(22)21-6-4-11(5-7-21)10-23-14-9-12(20)8-13(19)15(14)18/h4,8-9H,5-7,10,20H2,1-3H3. The zero-order chi connectivity index (χ0) is 17.9. The van der Waals surface area contributed by atoms with Gasteiger partial charge in [0, 0.05) is 24.8 Å². The lowest BCUT2D eigenvalue weighted by Gasteiger charge is -2.29. The van der Waals surface area contributed by atoms with Gasteiger partial charge >= 0.3 is 6.09 Å². The monoisotopic (exact) mass is 400 g/mol. The average Bonchev–Trinajstić information content (AvgIpc) is 2.48. The average molecular weight is 401 g/mol. The maximum absolute atomic E-state index is 13.6. The minimum absolute atomic E-state index is 0.253. The number of halogens is 2. The van der Waals surface area contributed by atoms with E-state index in [1.54, 1.807) is 11.0 Å². The van der Waals surface area contributed by atoms with Gasteiger partial charge in [0.05, 0.1) is 4.47 Å². The molecule has 1 aliphatic heterocycles. The summed E-state index contributed by atoms with van der Waals surface area (Å²) in [5.74, 6) is -0.0957. The van der Waals surface area contributed by atoms with Crippen molar-refractivity contribution in [1.29, 1.82) is 0 Å². The molecule has 1 aromatic rings. The fourth-order valence-electron chi connectivity index (χ4n) is 2.19. The predicted molar refractivity (Wildman–Crippen MR) is 94.5 cm³/mol. The zero-order valence-electron chi connectivity index (χ0n) is 14.1. The third-order valence-corrected chi connectivity index (χ3v) is 4.15. The second kappa shape index (κ2) is 7.42. The molecule has 0 aromatic heterocycles. The highest BCUT2D eigenvalue weighted by Crippen LogP contribution is 2.31. The minimum Gasteiger partial charge on any atom is -0.488 e. The summed E-state index contributed by atoms with van der Waals surface area (Å²) in [6, 6.07) is 2.80. The summed E-state index contributed by atoms with van der Waals surface area (Å²) >= 11 is 3.15. The van der Waals surface area contributed by atoms with Crippen LogP contribution in [0.2, 0.25) is 0 Å². The Bertz CT molecular complexity index is 656. The maximum Gasteiger partial charge on any atom is 0.410 e. The molecule has 0 bridgehead atoms. The molecule has 7 heteroatoms. The lowest BCUT2D eigenvalue weighted by Crippen LogP contribution is -2.39. The van der Waals surface area contributed by atoms with E-state index in [0.29, 0.717) is 37.6 Å². The summed E-state index contributed by atoms with van der Waals surface area (Å²) in [4.78, 5) is 13.6. The topological polar surface area (TPSA) is 64.8 Å². The van der Waals surface area contributed by atoms with Crippen LogP contribution in [0.3, 0.4) is 0 Å². The second-order valence-electron chi connectivity index (χ2n) is 6.64. The summed E-state index contributed by atoms with van der Waals surface area (Å²) in [5, 5.41) is 0. The number of amides is 1. The summed E-state index contributed by atoms with van der Waals surface area (Å²) < 4.78 is 24.8. The molecule has 1 heterocycles. The van der Waals surface area contributed by atoms with E-state index < -0.39 is 11.4 Å². The van der Waals surface area contributed by atoms with E-state index >= 15 is 0 Å². The largest absolute Gasteiger partial charge is 0.488 e. The molecule has 0 atom stereocenters. The van der Waals surface area contributed by atoms with Crippen molar-refractivity contribution in [3.8, 4) is 5.75 Å². The van der Waals surface area contributed by atoms with Crippen LogP contribution in [-0.4, -0.2) is 36.3 Å². The third kappa shape index (κ3) is 5.12. The molecule has 0 radical (unpaired) electrons. The van der Waals surface area contributed by atoms with Crippen LogP contribution in [0.4, 0.5) is 14.9 Å². The summed E-state index contributed by atoms with van der Waals surface area (Å²) in [5.41, 5.74) is 6.47. The molecule has 0 saturated carbocycles. The highest BCUT2D eigenvalue weighted by molar-refractivity contribution is 9.10. The van der Waals surface area contributed by atoms with Crippen LogP contribution in [0.5, 0.6) is 5.75 Å². The number of nitrogens with zero attached hydrogens (tertiary/aromatic N) is 1. The Labute approximate surface area is 149 Å². The van der Waals surface area contributed by atoms with Crippen LogP contribution in [0, 0.1) is 5.82 Å². The Kier molecular flexibility index (Phi) is 5.74. The van der Waals surface area contributed by atoms with E-state index in [4.69, 9.17) is 15.2 Å². The van der Waals surface area contributed by atoms with Crippen LogP contribution >= 0.6 is 15.9 Å². The van der Waals surface area contributed by atoms with Gasteiger partial charge in [0.25, 0.3) is 0 Å². The number of rotatable bonds is 3. The number of carbonyl (C=O) groups is 1. The molecule has 1 aromatic carbocycles. The molecular weight excluding hydrogens is 379 g/mol. The molecule has 0 spiro atoms. The van der Waals surface area contributed by atoms with Gasteiger partial charge in [-0.25, -0.2) is 9.18 Å². The number of nitrogen functional groups attached to an aromatic ring is 1. The van der Waals surface area contributed by atoms with Crippen LogP contribution in [0.25, 0.3) is 0 Å². The molecule has 0 unspecified atom stereocenters. The molecule has 24 heavy (non-hydrogen) atoms. The van der Waals surface area contributed by atoms with Crippen molar-refractivity contribution in [1.82, 2.24) is 4.90 Å². The lowest BCUT2D eigenvalue weighted by atomic mass is 10.1. The summed E-state index contributed by atoms with van der Waals surface area (Å²) in [6.45, 7) is 6.88. The Morgan fingerprint density at radius 2 is 2.12 bits per heavy atom. The highest BCUT2D eigenvalue weighted by atomic mass is 79.9. The molecule has 0 fully saturated rings. The first kappa shape index (κ1) is 18.6. The van der Waals surface area contributed by atoms with Crippen LogP contribution in [0.15, 0.2) is 28.3 Å². The number of hydrogen-bond donors (Lipinski definition) is 1. The van der Waals surface area contributed by atoms with E-state index in [9.17, 15) is 9.18 Å². The van der Waals surface area contributed by atoms with Crippen molar-refractivity contribution in [3.05, 3.63) is 34.1 Å². The predicted octanol–water partition coefficient (Wildman–Crippen LogP) is 4.12. The fraction of sp³-hybridized carbons (Fsp3) is 0.471. The smallest absolute Gasteiger partial charge is 0.410 e. The van der Waals surface area contributed by atoms with Gasteiger partial charge < -0.3 is 20.1 Å². The molecule has 1 amide bonds. The lowest BCUT2D eigenvalue weighted by molar-refractivity contribution is 0.0264. The first-order chi connectivity index (χ1) is 11.2. The second-order valence-corrected chi connectivity index (χ2v) is 7.44. The van der Waals surface area contributed by atoms with Crippen LogP contribution < -0.4 is 10.5 Å². The van der Waals surface area contributed by atoms with Crippen molar-refractivity contribution in [2.24, 2.45) is 0 Å². The Hall–Kier alpha value is -1.76. The van der Waals surface area contributed by atoms with Crippen molar-refractivity contribution in [2.75, 3.05) is 25.4 Å². The number of carbonyl (C=O) groups excluding carboxylic acids is 1. The first-order valence-corrected chi connectivity index (χ1v) is 8.48. The molecular formula is C17H22BrFN2O3. The van der Waals surface area contributed by atoms with Gasteiger partial charge in [-0.15, -0.1) is 0 Å². The van der Waals surface area contributed by atoms with Crippen LogP contribution in [-0.2, 0) is 4.74 Å². The number of hydrogen-bond acceptors (Lipinski definition) is 4. The van der Waals surface area contributed by atoms with Crippen LogP contribution in [0.1, 0.15) is 27.2 Å². The van der Waals surface area contributed by atoms with E-state index in [0.717, 1.165) is 5.57 Å². The van der Waals surface area contributed by atoms with E-state index in [-0.39, 0.29) is 10.6 Å². The molecule has 2 rings (SSSR count). The Morgan fingerprint density at radius 1 is 1.42 bits per heavy atom. The molecule has 132 valence electrons. The number of anilines is 1. The first-order valence-electron chi connectivity index (χ1n) is 7.69. The van der Waals surface area contributed by atoms with Crippen molar-refractivity contribution < 1.29 is 18.7 Å². The van der Waals surface area contributed by atoms with Gasteiger partial charge in [0.2, 0.25) is 0 Å². The normalized spacial score (nSPS) is 15.0. The van der Waals surface area contributed by atoms with Gasteiger partial charge in [-0.2, -0.15) is 0 Å². The third-order valence-electron chi connectivity index (χ3n) is 3.39. The maximum atomic E-state index is 13.6. The Morgan fingerprint density at radius 3 is 2.71 bits per heavy atom. The number of ether oxygens (including phenoxy) is 2. The Balaban J connectivity index is 1.91. The fourth-order valence-corrected chi connectivity index (χ4v) is 2.54. The molecule has 0 aliphatic carbocycles. The molecule has 5 nitrogen and oxygen atoms in total. The SMILES string of the molecule is CC(C)(C)OC(=O)N1CC=C(COc2cc(N)cc(F)c2Br)CC1. The molecule has 2 N–H and O–H groups in total. The number of nitrogens with two attached hydrogens (primary N) is 1. The van der Waals surface area contributed by atoms with Gasteiger partial charge in [-0.05, 0) is 54.8 Å². The van der Waals surface area contributed by atoms with E-state index in [1.807, 2.05) is 26.8 Å². The van der Waals surface area contributed by atoms with E-state index in [2.05, 4.69) is 15.9 Å². The van der Waals surface area contributed by atoms with Gasteiger partial charge in [-0.3, -0.25) is 0 Å².